The molecule has 0 unspecified atom stereocenters. The van der Waals surface area contributed by atoms with E-state index in [0.717, 1.165) is 30.2 Å². The van der Waals surface area contributed by atoms with Crippen molar-refractivity contribution in [2.45, 2.75) is 20.4 Å². The van der Waals surface area contributed by atoms with Gasteiger partial charge in [-0.25, -0.2) is 9.67 Å². The van der Waals surface area contributed by atoms with Crippen molar-refractivity contribution in [2.24, 2.45) is 0 Å². The maximum absolute atomic E-state index is 12.7. The Morgan fingerprint density at radius 1 is 1.04 bits per heavy atom. The zero-order chi connectivity index (χ0) is 19.2. The molecule has 0 bridgehead atoms. The van der Waals surface area contributed by atoms with Gasteiger partial charge in [0.15, 0.2) is 0 Å². The maximum atomic E-state index is 12.7. The third-order valence-electron chi connectivity index (χ3n) is 4.51. The number of carbonyl (C=O) groups is 1. The minimum absolute atomic E-state index is 0.0546. The van der Waals surface area contributed by atoms with Crippen LogP contribution in [0.15, 0.2) is 61.1 Å². The summed E-state index contributed by atoms with van der Waals surface area (Å²) in [5.41, 5.74) is 2.56. The Morgan fingerprint density at radius 2 is 1.78 bits per heavy atom. The number of carbonyl (C=O) groups excluding carboxylic acids is 1. The van der Waals surface area contributed by atoms with E-state index < -0.39 is 0 Å². The lowest BCUT2D eigenvalue weighted by atomic mass is 10.2. The van der Waals surface area contributed by atoms with Crippen molar-refractivity contribution in [1.29, 1.82) is 0 Å². The summed E-state index contributed by atoms with van der Waals surface area (Å²) in [5, 5.41) is 4.38. The van der Waals surface area contributed by atoms with Gasteiger partial charge in [0.2, 0.25) is 0 Å². The van der Waals surface area contributed by atoms with Crippen LogP contribution in [0.3, 0.4) is 0 Å². The van der Waals surface area contributed by atoms with Crippen LogP contribution in [0.2, 0.25) is 0 Å². The van der Waals surface area contributed by atoms with Crippen molar-refractivity contribution < 1.29 is 4.79 Å². The Labute approximate surface area is 160 Å². The van der Waals surface area contributed by atoms with Gasteiger partial charge in [0.1, 0.15) is 5.82 Å². The molecule has 0 spiro atoms. The second kappa shape index (κ2) is 8.49. The summed E-state index contributed by atoms with van der Waals surface area (Å²) < 4.78 is 1.81. The van der Waals surface area contributed by atoms with E-state index in [2.05, 4.69) is 28.8 Å². The molecule has 1 amide bonds. The molecular formula is C21H25N5O. The fourth-order valence-electron chi connectivity index (χ4n) is 2.98. The van der Waals surface area contributed by atoms with E-state index in [0.29, 0.717) is 12.1 Å². The van der Waals surface area contributed by atoms with Crippen LogP contribution >= 0.6 is 0 Å². The quantitative estimate of drug-likeness (QED) is 0.646. The Hall–Kier alpha value is -3.15. The summed E-state index contributed by atoms with van der Waals surface area (Å²) >= 11 is 0. The highest BCUT2D eigenvalue weighted by molar-refractivity contribution is 5.93. The smallest absolute Gasteiger partial charge is 0.255 e. The Bertz CT molecular complexity index is 869. The van der Waals surface area contributed by atoms with Crippen molar-refractivity contribution in [3.63, 3.8) is 0 Å². The van der Waals surface area contributed by atoms with Gasteiger partial charge in [0.05, 0.1) is 17.4 Å². The van der Waals surface area contributed by atoms with Gasteiger partial charge in [0, 0.05) is 44.6 Å². The molecule has 2 heterocycles. The number of nitrogens with zero attached hydrogens (tertiary/aromatic N) is 5. The van der Waals surface area contributed by atoms with Crippen molar-refractivity contribution >= 4 is 11.7 Å². The normalized spacial score (nSPS) is 10.6. The van der Waals surface area contributed by atoms with Crippen molar-refractivity contribution in [3.05, 3.63) is 72.2 Å². The zero-order valence-corrected chi connectivity index (χ0v) is 16.0. The number of aromatic nitrogens is 3. The molecule has 0 aliphatic carbocycles. The van der Waals surface area contributed by atoms with Crippen molar-refractivity contribution in [1.82, 2.24) is 19.7 Å². The summed E-state index contributed by atoms with van der Waals surface area (Å²) in [6.45, 7) is 6.45. The average Bonchev–Trinajstić information content (AvgIpc) is 3.18. The van der Waals surface area contributed by atoms with Crippen LogP contribution in [0.25, 0.3) is 5.69 Å². The largest absolute Gasteiger partial charge is 0.357 e. The van der Waals surface area contributed by atoms with Crippen LogP contribution in [0.4, 0.5) is 5.82 Å². The first kappa shape index (κ1) is 18.6. The highest BCUT2D eigenvalue weighted by atomic mass is 16.2. The number of pyridine rings is 1. The predicted molar refractivity (Wildman–Crippen MR) is 107 cm³/mol. The molecule has 0 saturated heterocycles. The first-order chi connectivity index (χ1) is 13.1. The van der Waals surface area contributed by atoms with E-state index in [4.69, 9.17) is 0 Å². The van der Waals surface area contributed by atoms with Gasteiger partial charge in [-0.15, -0.1) is 0 Å². The number of hydrogen-bond donors (Lipinski definition) is 0. The van der Waals surface area contributed by atoms with Gasteiger partial charge in [-0.3, -0.25) is 4.79 Å². The first-order valence-corrected chi connectivity index (χ1v) is 9.17. The number of benzene rings is 1. The van der Waals surface area contributed by atoms with Gasteiger partial charge in [-0.05, 0) is 38.1 Å². The molecule has 27 heavy (non-hydrogen) atoms. The minimum atomic E-state index is -0.0546. The fraction of sp³-hybridized carbons (Fsp3) is 0.286. The molecule has 0 radical (unpaired) electrons. The highest BCUT2D eigenvalue weighted by Crippen LogP contribution is 2.14. The summed E-state index contributed by atoms with van der Waals surface area (Å²) in [4.78, 5) is 21.0. The second-order valence-electron chi connectivity index (χ2n) is 6.37. The molecule has 0 atom stereocenters. The topological polar surface area (TPSA) is 54.3 Å². The molecule has 6 heteroatoms. The van der Waals surface area contributed by atoms with Crippen LogP contribution in [0.5, 0.6) is 0 Å². The van der Waals surface area contributed by atoms with E-state index >= 15 is 0 Å². The standard InChI is InChI=1S/C21H25N5O/c1-4-25(5-2)20-12-11-18(14-22-20)21(27)24(3)15-17-13-23-26(16-17)19-9-7-6-8-10-19/h6-14,16H,4-5,15H2,1-3H3. The predicted octanol–water partition coefficient (Wildman–Crippen LogP) is 3.39. The molecule has 0 fully saturated rings. The van der Waals surface area contributed by atoms with E-state index in [1.165, 1.54) is 0 Å². The second-order valence-corrected chi connectivity index (χ2v) is 6.37. The number of anilines is 1. The lowest BCUT2D eigenvalue weighted by molar-refractivity contribution is 0.0784. The first-order valence-electron chi connectivity index (χ1n) is 9.17. The Balaban J connectivity index is 1.66. The maximum Gasteiger partial charge on any atom is 0.255 e. The van der Waals surface area contributed by atoms with E-state index in [1.54, 1.807) is 24.3 Å². The minimum Gasteiger partial charge on any atom is -0.357 e. The van der Waals surface area contributed by atoms with Gasteiger partial charge in [-0.1, -0.05) is 18.2 Å². The molecule has 0 aliphatic rings. The highest BCUT2D eigenvalue weighted by Gasteiger charge is 2.14. The molecule has 140 valence electrons. The van der Waals surface area contributed by atoms with E-state index in [-0.39, 0.29) is 5.91 Å². The summed E-state index contributed by atoms with van der Waals surface area (Å²) in [6, 6.07) is 13.7. The van der Waals surface area contributed by atoms with Gasteiger partial charge >= 0.3 is 0 Å². The lowest BCUT2D eigenvalue weighted by Gasteiger charge is -2.20. The SMILES string of the molecule is CCN(CC)c1ccc(C(=O)N(C)Cc2cnn(-c3ccccc3)c2)cn1. The summed E-state index contributed by atoms with van der Waals surface area (Å²) in [7, 11) is 1.79. The Morgan fingerprint density at radius 3 is 2.41 bits per heavy atom. The van der Waals surface area contributed by atoms with Crippen molar-refractivity contribution in [3.8, 4) is 5.69 Å². The molecule has 1 aromatic carbocycles. The third kappa shape index (κ3) is 4.34. The van der Waals surface area contributed by atoms with Crippen LogP contribution in [-0.4, -0.2) is 45.7 Å². The van der Waals surface area contributed by atoms with Gasteiger partial charge in [-0.2, -0.15) is 5.10 Å². The molecule has 0 saturated carbocycles. The Kier molecular flexibility index (Phi) is 5.86. The van der Waals surface area contributed by atoms with Crippen LogP contribution in [0.1, 0.15) is 29.8 Å². The molecule has 6 nitrogen and oxygen atoms in total. The van der Waals surface area contributed by atoms with Gasteiger partial charge in [0.25, 0.3) is 5.91 Å². The number of amides is 1. The summed E-state index contributed by atoms with van der Waals surface area (Å²) in [5.74, 6) is 0.837. The summed E-state index contributed by atoms with van der Waals surface area (Å²) in [6.07, 6.45) is 5.39. The number of hydrogen-bond acceptors (Lipinski definition) is 4. The van der Waals surface area contributed by atoms with Crippen LogP contribution in [-0.2, 0) is 6.54 Å². The molecule has 0 N–H and O–H groups in total. The monoisotopic (exact) mass is 363 g/mol. The molecular weight excluding hydrogens is 338 g/mol. The zero-order valence-electron chi connectivity index (χ0n) is 16.0. The number of rotatable bonds is 7. The number of para-hydroxylation sites is 1. The van der Waals surface area contributed by atoms with E-state index in [1.807, 2.05) is 53.3 Å². The lowest BCUT2D eigenvalue weighted by Crippen LogP contribution is -2.27. The average molecular weight is 363 g/mol. The molecule has 0 aliphatic heterocycles. The van der Waals surface area contributed by atoms with Gasteiger partial charge < -0.3 is 9.80 Å². The van der Waals surface area contributed by atoms with E-state index in [9.17, 15) is 4.79 Å². The molecule has 3 rings (SSSR count). The third-order valence-corrected chi connectivity index (χ3v) is 4.51. The van der Waals surface area contributed by atoms with Crippen LogP contribution < -0.4 is 4.90 Å². The fourth-order valence-corrected chi connectivity index (χ4v) is 2.98. The molecule has 3 aromatic rings. The molecule has 2 aromatic heterocycles. The van der Waals surface area contributed by atoms with Crippen molar-refractivity contribution in [2.75, 3.05) is 25.0 Å². The van der Waals surface area contributed by atoms with Crippen LogP contribution in [0, 0.1) is 0 Å².